The second kappa shape index (κ2) is 9.18. The van der Waals surface area contributed by atoms with Gasteiger partial charge >= 0.3 is 5.97 Å². The van der Waals surface area contributed by atoms with Gasteiger partial charge in [0.05, 0.1) is 4.47 Å². The Bertz CT molecular complexity index is 528. The van der Waals surface area contributed by atoms with Crippen LogP contribution in [-0.2, 0) is 9.59 Å². The minimum Gasteiger partial charge on any atom is -0.483 e. The van der Waals surface area contributed by atoms with Crippen LogP contribution >= 0.6 is 15.9 Å². The van der Waals surface area contributed by atoms with Gasteiger partial charge in [0, 0.05) is 12.6 Å². The molecule has 6 heteroatoms. The average Bonchev–Trinajstić information content (AvgIpc) is 2.44. The van der Waals surface area contributed by atoms with Crippen LogP contribution in [0.1, 0.15) is 25.3 Å². The number of carboxylic acid groups (broad SMARTS) is 1. The number of carboxylic acids is 1. The largest absolute Gasteiger partial charge is 0.483 e. The van der Waals surface area contributed by atoms with Crippen molar-refractivity contribution in [3.8, 4) is 5.75 Å². The second-order valence-corrected chi connectivity index (χ2v) is 5.21. The highest BCUT2D eigenvalue weighted by Crippen LogP contribution is 2.26. The van der Waals surface area contributed by atoms with E-state index in [1.165, 1.54) is 6.08 Å². The fraction of sp³-hybridized carbons (Fsp3) is 0.333. The third kappa shape index (κ3) is 6.94. The average molecular weight is 356 g/mol. The molecule has 0 aliphatic heterocycles. The minimum absolute atomic E-state index is 0.0490. The Morgan fingerprint density at radius 2 is 2.19 bits per heavy atom. The molecular weight excluding hydrogens is 338 g/mol. The Hall–Kier alpha value is -1.82. The smallest absolute Gasteiger partial charge is 0.328 e. The number of carbonyl (C=O) groups excluding carboxylic acids is 1. The Morgan fingerprint density at radius 1 is 1.43 bits per heavy atom. The Kier molecular flexibility index (Phi) is 7.53. The third-order valence-corrected chi connectivity index (χ3v) is 3.21. The molecule has 2 N–H and O–H groups in total. The van der Waals surface area contributed by atoms with Crippen LogP contribution < -0.4 is 10.1 Å². The number of ether oxygens (including phenoxy) is 1. The number of benzene rings is 1. The van der Waals surface area contributed by atoms with Crippen molar-refractivity contribution in [2.45, 2.75) is 19.8 Å². The van der Waals surface area contributed by atoms with Crippen molar-refractivity contribution in [1.82, 2.24) is 5.32 Å². The van der Waals surface area contributed by atoms with E-state index in [1.54, 1.807) is 18.2 Å². The zero-order valence-electron chi connectivity index (χ0n) is 11.8. The molecule has 0 aromatic heterocycles. The van der Waals surface area contributed by atoms with Crippen molar-refractivity contribution in [1.29, 1.82) is 0 Å². The Balaban J connectivity index is 2.53. The van der Waals surface area contributed by atoms with Crippen molar-refractivity contribution in [3.63, 3.8) is 0 Å². The van der Waals surface area contributed by atoms with Gasteiger partial charge in [-0.05, 0) is 46.1 Å². The summed E-state index contributed by atoms with van der Waals surface area (Å²) in [6.45, 7) is 2.66. The second-order valence-electron chi connectivity index (χ2n) is 4.35. The lowest BCUT2D eigenvalue weighted by Gasteiger charge is -2.09. The highest BCUT2D eigenvalue weighted by Gasteiger charge is 2.05. The zero-order chi connectivity index (χ0) is 15.7. The summed E-state index contributed by atoms with van der Waals surface area (Å²) in [6, 6.07) is 5.13. The Labute approximate surface area is 132 Å². The van der Waals surface area contributed by atoms with Gasteiger partial charge in [0.25, 0.3) is 5.91 Å². The van der Waals surface area contributed by atoms with Crippen LogP contribution in [0.15, 0.2) is 28.7 Å². The molecule has 0 heterocycles. The van der Waals surface area contributed by atoms with E-state index in [1.807, 2.05) is 0 Å². The maximum Gasteiger partial charge on any atom is 0.328 e. The van der Waals surface area contributed by atoms with Crippen LogP contribution in [0, 0.1) is 0 Å². The highest BCUT2D eigenvalue weighted by molar-refractivity contribution is 9.10. The lowest BCUT2D eigenvalue weighted by molar-refractivity contribution is -0.131. The number of aliphatic carboxylic acids is 1. The summed E-state index contributed by atoms with van der Waals surface area (Å²) in [5.74, 6) is -0.631. The Morgan fingerprint density at radius 3 is 2.81 bits per heavy atom. The number of nitrogens with one attached hydrogen (secondary N) is 1. The highest BCUT2D eigenvalue weighted by atomic mass is 79.9. The van der Waals surface area contributed by atoms with Crippen LogP contribution in [0.5, 0.6) is 5.75 Å². The summed E-state index contributed by atoms with van der Waals surface area (Å²) in [6.07, 6.45) is 4.51. The number of hydrogen-bond donors (Lipinski definition) is 2. The van der Waals surface area contributed by atoms with E-state index in [0.717, 1.165) is 24.5 Å². The predicted octanol–water partition coefficient (Wildman–Crippen LogP) is 2.84. The first-order valence-corrected chi connectivity index (χ1v) is 7.42. The molecule has 0 unspecified atom stereocenters. The van der Waals surface area contributed by atoms with E-state index in [9.17, 15) is 9.59 Å². The molecule has 0 radical (unpaired) electrons. The van der Waals surface area contributed by atoms with Crippen LogP contribution in [0.3, 0.4) is 0 Å². The molecule has 114 valence electrons. The zero-order valence-corrected chi connectivity index (χ0v) is 13.4. The molecule has 0 bridgehead atoms. The number of hydrogen-bond acceptors (Lipinski definition) is 3. The first-order valence-electron chi connectivity index (χ1n) is 6.63. The number of halogens is 1. The van der Waals surface area contributed by atoms with Crippen LogP contribution in [0.25, 0.3) is 6.08 Å². The molecule has 0 fully saturated rings. The summed E-state index contributed by atoms with van der Waals surface area (Å²) in [5.41, 5.74) is 0.726. The maximum atomic E-state index is 11.5. The molecule has 0 spiro atoms. The predicted molar refractivity (Wildman–Crippen MR) is 84.2 cm³/mol. The van der Waals surface area contributed by atoms with Gasteiger partial charge in [-0.1, -0.05) is 19.4 Å². The molecule has 1 rings (SSSR count). The van der Waals surface area contributed by atoms with Crippen LogP contribution in [0.4, 0.5) is 0 Å². The van der Waals surface area contributed by atoms with Gasteiger partial charge in [0.15, 0.2) is 6.61 Å². The van der Waals surface area contributed by atoms with Gasteiger partial charge in [0.2, 0.25) is 0 Å². The molecule has 0 saturated heterocycles. The van der Waals surface area contributed by atoms with Gasteiger partial charge in [-0.2, -0.15) is 0 Å². The summed E-state index contributed by atoms with van der Waals surface area (Å²) >= 11 is 3.33. The van der Waals surface area contributed by atoms with Crippen molar-refractivity contribution in [3.05, 3.63) is 34.3 Å². The van der Waals surface area contributed by atoms with E-state index >= 15 is 0 Å². The fourth-order valence-electron chi connectivity index (χ4n) is 1.50. The standard InChI is InChI=1S/C15H18BrNO4/c1-2-3-8-17-14(18)10-21-13-6-4-11(9-12(13)16)5-7-15(19)20/h4-7,9H,2-3,8,10H2,1H3,(H,17,18)(H,19,20). The van der Waals surface area contributed by atoms with Crippen molar-refractivity contribution in [2.24, 2.45) is 0 Å². The van der Waals surface area contributed by atoms with Gasteiger partial charge in [-0.15, -0.1) is 0 Å². The van der Waals surface area contributed by atoms with E-state index in [4.69, 9.17) is 9.84 Å². The van der Waals surface area contributed by atoms with Gasteiger partial charge in [-0.25, -0.2) is 4.79 Å². The monoisotopic (exact) mass is 355 g/mol. The van der Waals surface area contributed by atoms with Gasteiger partial charge in [0.1, 0.15) is 5.75 Å². The maximum absolute atomic E-state index is 11.5. The fourth-order valence-corrected chi connectivity index (χ4v) is 2.02. The van der Waals surface area contributed by atoms with Crippen molar-refractivity contribution in [2.75, 3.05) is 13.2 Å². The molecule has 1 amide bonds. The lowest BCUT2D eigenvalue weighted by Crippen LogP contribution is -2.29. The molecule has 0 aliphatic rings. The number of rotatable bonds is 8. The summed E-state index contributed by atoms with van der Waals surface area (Å²) < 4.78 is 6.07. The molecular formula is C15H18BrNO4. The van der Waals surface area contributed by atoms with Crippen LogP contribution in [0.2, 0.25) is 0 Å². The normalized spacial score (nSPS) is 10.6. The molecule has 0 saturated carbocycles. The van der Waals surface area contributed by atoms with Gasteiger partial charge in [-0.3, -0.25) is 4.79 Å². The third-order valence-electron chi connectivity index (χ3n) is 2.59. The molecule has 0 aliphatic carbocycles. The SMILES string of the molecule is CCCCNC(=O)COc1ccc(C=CC(=O)O)cc1Br. The van der Waals surface area contributed by atoms with E-state index in [-0.39, 0.29) is 12.5 Å². The van der Waals surface area contributed by atoms with E-state index < -0.39 is 5.97 Å². The summed E-state index contributed by atoms with van der Waals surface area (Å²) in [5, 5.41) is 11.3. The number of amides is 1. The first kappa shape index (κ1) is 17.2. The van der Waals surface area contributed by atoms with Crippen molar-refractivity contribution < 1.29 is 19.4 Å². The topological polar surface area (TPSA) is 75.6 Å². The quantitative estimate of drug-likeness (QED) is 0.555. The van der Waals surface area contributed by atoms with Crippen LogP contribution in [-0.4, -0.2) is 30.1 Å². The first-order chi connectivity index (χ1) is 10.0. The molecule has 1 aromatic rings. The molecule has 5 nitrogen and oxygen atoms in total. The summed E-state index contributed by atoms with van der Waals surface area (Å²) in [4.78, 5) is 22.0. The number of unbranched alkanes of at least 4 members (excludes halogenated alkanes) is 1. The van der Waals surface area contributed by atoms with Crippen molar-refractivity contribution >= 4 is 33.9 Å². The minimum atomic E-state index is -1.00. The lowest BCUT2D eigenvalue weighted by atomic mass is 10.2. The number of carbonyl (C=O) groups is 2. The summed E-state index contributed by atoms with van der Waals surface area (Å²) in [7, 11) is 0. The molecule has 0 atom stereocenters. The van der Waals surface area contributed by atoms with E-state index in [0.29, 0.717) is 16.8 Å². The molecule has 1 aromatic carbocycles. The molecule has 21 heavy (non-hydrogen) atoms. The van der Waals surface area contributed by atoms with Gasteiger partial charge < -0.3 is 15.2 Å². The van der Waals surface area contributed by atoms with E-state index in [2.05, 4.69) is 28.2 Å².